The van der Waals surface area contributed by atoms with Gasteiger partial charge in [0.25, 0.3) is 5.56 Å². The Morgan fingerprint density at radius 1 is 1.06 bits per heavy atom. The Balaban J connectivity index is 1.57. The number of anilines is 2. The van der Waals surface area contributed by atoms with Crippen LogP contribution < -0.4 is 10.9 Å². The number of rotatable bonds is 5. The van der Waals surface area contributed by atoms with Crippen LogP contribution in [0.25, 0.3) is 0 Å². The van der Waals surface area contributed by atoms with E-state index in [1.807, 2.05) is 17.0 Å². The van der Waals surface area contributed by atoms with Crippen molar-refractivity contribution in [3.05, 3.63) is 93.4 Å². The average molecular weight is 450 g/mol. The third-order valence-electron chi connectivity index (χ3n) is 6.04. The summed E-state index contributed by atoms with van der Waals surface area (Å²) >= 11 is 0. The van der Waals surface area contributed by atoms with Gasteiger partial charge in [-0.1, -0.05) is 30.3 Å². The number of pyridine rings is 1. The van der Waals surface area contributed by atoms with Gasteiger partial charge in [-0.15, -0.1) is 0 Å². The summed E-state index contributed by atoms with van der Waals surface area (Å²) < 4.78 is 28.2. The van der Waals surface area contributed by atoms with Gasteiger partial charge in [-0.3, -0.25) is 15.0 Å². The Morgan fingerprint density at radius 2 is 1.70 bits per heavy atom. The van der Waals surface area contributed by atoms with E-state index < -0.39 is 17.2 Å². The topological polar surface area (TPSA) is 89.1 Å². The molecule has 1 amide bonds. The summed E-state index contributed by atoms with van der Waals surface area (Å²) in [6.45, 7) is 3.02. The van der Waals surface area contributed by atoms with Gasteiger partial charge in [0.05, 0.1) is 17.0 Å². The van der Waals surface area contributed by atoms with Gasteiger partial charge >= 0.3 is 0 Å². The predicted octanol–water partition coefficient (Wildman–Crippen LogP) is 4.54. The third kappa shape index (κ3) is 4.69. The molecule has 2 aromatic carbocycles. The molecule has 6 nitrogen and oxygen atoms in total. The first-order chi connectivity index (χ1) is 15.8. The molecule has 4 rings (SSSR count). The molecule has 0 unspecified atom stereocenters. The summed E-state index contributed by atoms with van der Waals surface area (Å²) in [6.07, 6.45) is 3.10. The van der Waals surface area contributed by atoms with Gasteiger partial charge < -0.3 is 15.2 Å². The fraction of sp³-hybridized carbons (Fsp3) is 0.240. The van der Waals surface area contributed by atoms with Crippen LogP contribution in [0.15, 0.2) is 59.5 Å². The molecule has 2 heterocycles. The molecule has 0 spiro atoms. The van der Waals surface area contributed by atoms with Crippen LogP contribution in [0.1, 0.15) is 42.4 Å². The van der Waals surface area contributed by atoms with Crippen molar-refractivity contribution in [1.29, 1.82) is 5.41 Å². The quantitative estimate of drug-likeness (QED) is 0.499. The minimum atomic E-state index is -0.798. The zero-order chi connectivity index (χ0) is 23.5. The predicted molar refractivity (Wildman–Crippen MR) is 123 cm³/mol. The number of amides is 1. The number of halogens is 2. The van der Waals surface area contributed by atoms with Gasteiger partial charge in [0.2, 0.25) is 5.91 Å². The largest absolute Gasteiger partial charge is 0.350 e. The highest BCUT2D eigenvalue weighted by atomic mass is 19.1. The highest BCUT2D eigenvalue weighted by Crippen LogP contribution is 2.29. The molecule has 0 atom stereocenters. The number of carbonyl (C=O) groups is 1. The number of aromatic nitrogens is 1. The third-order valence-corrected chi connectivity index (χ3v) is 6.04. The highest BCUT2D eigenvalue weighted by molar-refractivity contribution is 6.14. The number of para-hydroxylation sites is 1. The van der Waals surface area contributed by atoms with Gasteiger partial charge in [-0.25, -0.2) is 8.78 Å². The molecule has 0 aliphatic carbocycles. The number of aromatic amines is 1. The number of H-pyrrole nitrogens is 1. The van der Waals surface area contributed by atoms with Gasteiger partial charge in [0, 0.05) is 31.8 Å². The monoisotopic (exact) mass is 450 g/mol. The van der Waals surface area contributed by atoms with E-state index in [1.54, 1.807) is 19.1 Å². The lowest BCUT2D eigenvalue weighted by Crippen LogP contribution is -2.36. The lowest BCUT2D eigenvalue weighted by Gasteiger charge is -2.31. The number of likely N-dealkylation sites (tertiary alicyclic amines) is 1. The summed E-state index contributed by atoms with van der Waals surface area (Å²) in [5.41, 5.74) is 0.758. The summed E-state index contributed by atoms with van der Waals surface area (Å²) in [6, 6.07) is 12.4. The fourth-order valence-corrected chi connectivity index (χ4v) is 4.18. The van der Waals surface area contributed by atoms with E-state index >= 15 is 0 Å². The minimum absolute atomic E-state index is 0.0114. The number of hydrogen-bond donors (Lipinski definition) is 3. The van der Waals surface area contributed by atoms with Crippen LogP contribution in [0.4, 0.5) is 20.2 Å². The minimum Gasteiger partial charge on any atom is -0.350 e. The Labute approximate surface area is 189 Å². The van der Waals surface area contributed by atoms with Crippen LogP contribution in [-0.2, 0) is 4.79 Å². The maximum Gasteiger partial charge on any atom is 0.259 e. The summed E-state index contributed by atoms with van der Waals surface area (Å²) in [5.74, 6) is -1.18. The van der Waals surface area contributed by atoms with Crippen molar-refractivity contribution in [3.63, 3.8) is 0 Å². The summed E-state index contributed by atoms with van der Waals surface area (Å²) in [7, 11) is 0. The van der Waals surface area contributed by atoms with Crippen LogP contribution in [0.2, 0.25) is 0 Å². The second-order valence-corrected chi connectivity index (χ2v) is 8.09. The van der Waals surface area contributed by atoms with E-state index in [2.05, 4.69) is 10.3 Å². The van der Waals surface area contributed by atoms with E-state index in [9.17, 15) is 18.4 Å². The van der Waals surface area contributed by atoms with Crippen molar-refractivity contribution in [1.82, 2.24) is 9.88 Å². The average Bonchev–Trinajstić information content (AvgIpc) is 2.81. The van der Waals surface area contributed by atoms with Crippen molar-refractivity contribution < 1.29 is 13.6 Å². The normalized spacial score (nSPS) is 14.2. The van der Waals surface area contributed by atoms with Crippen molar-refractivity contribution in [2.75, 3.05) is 18.4 Å². The number of nitrogens with one attached hydrogen (secondary N) is 3. The lowest BCUT2D eigenvalue weighted by atomic mass is 9.88. The SMILES string of the molecule is CC(=O)N1CCC(c2ccc(C(=N)c3c(Nc4c(F)cccc4F)cc[nH]c3=O)cc2)CC1. The van der Waals surface area contributed by atoms with Gasteiger partial charge in [-0.2, -0.15) is 0 Å². The van der Waals surface area contributed by atoms with E-state index in [4.69, 9.17) is 5.41 Å². The molecule has 3 N–H and O–H groups in total. The van der Waals surface area contributed by atoms with Crippen molar-refractivity contribution in [3.8, 4) is 0 Å². The van der Waals surface area contributed by atoms with Crippen molar-refractivity contribution in [2.45, 2.75) is 25.7 Å². The number of benzene rings is 2. The van der Waals surface area contributed by atoms with Crippen LogP contribution in [-0.4, -0.2) is 34.6 Å². The van der Waals surface area contributed by atoms with Crippen molar-refractivity contribution in [2.24, 2.45) is 0 Å². The first kappa shape index (κ1) is 22.4. The second-order valence-electron chi connectivity index (χ2n) is 8.09. The first-order valence-corrected chi connectivity index (χ1v) is 10.7. The number of carbonyl (C=O) groups excluding carboxylic acids is 1. The molecule has 8 heteroatoms. The van der Waals surface area contributed by atoms with E-state index in [0.717, 1.165) is 43.6 Å². The molecule has 170 valence electrons. The maximum atomic E-state index is 14.1. The smallest absolute Gasteiger partial charge is 0.259 e. The van der Waals surface area contributed by atoms with Gasteiger partial charge in [0.1, 0.15) is 17.3 Å². The molecule has 1 aliphatic rings. The molecule has 1 aromatic heterocycles. The van der Waals surface area contributed by atoms with E-state index in [-0.39, 0.29) is 28.6 Å². The highest BCUT2D eigenvalue weighted by Gasteiger charge is 2.22. The molecular weight excluding hydrogens is 426 g/mol. The zero-order valence-electron chi connectivity index (χ0n) is 18.1. The van der Waals surface area contributed by atoms with E-state index in [0.29, 0.717) is 11.5 Å². The molecule has 3 aromatic rings. The second kappa shape index (κ2) is 9.36. The maximum absolute atomic E-state index is 14.1. The van der Waals surface area contributed by atoms with Crippen molar-refractivity contribution >= 4 is 23.0 Å². The lowest BCUT2D eigenvalue weighted by molar-refractivity contribution is -0.129. The van der Waals surface area contributed by atoms with Gasteiger partial charge in [-0.05, 0) is 42.5 Å². The molecule has 0 saturated carbocycles. The van der Waals surface area contributed by atoms with E-state index in [1.165, 1.54) is 18.3 Å². The Morgan fingerprint density at radius 3 is 2.30 bits per heavy atom. The van der Waals surface area contributed by atoms with Gasteiger partial charge in [0.15, 0.2) is 0 Å². The number of nitrogens with zero attached hydrogens (tertiary/aromatic N) is 1. The summed E-state index contributed by atoms with van der Waals surface area (Å²) in [4.78, 5) is 28.5. The number of hydrogen-bond acceptors (Lipinski definition) is 4. The first-order valence-electron chi connectivity index (χ1n) is 10.7. The Bertz CT molecular complexity index is 1230. The molecule has 1 fully saturated rings. The molecular formula is C25H24F2N4O2. The van der Waals surface area contributed by atoms with Crippen LogP contribution in [0.3, 0.4) is 0 Å². The molecule has 33 heavy (non-hydrogen) atoms. The molecule has 1 aliphatic heterocycles. The Kier molecular flexibility index (Phi) is 6.35. The zero-order valence-corrected chi connectivity index (χ0v) is 18.1. The summed E-state index contributed by atoms with van der Waals surface area (Å²) in [5, 5.41) is 11.3. The Hall–Kier alpha value is -3.81. The molecule has 1 saturated heterocycles. The molecule has 0 bridgehead atoms. The standard InChI is InChI=1S/C25H24F2N4O2/c1-15(32)31-13-10-17(11-14-31)16-5-7-18(8-6-16)23(28)22-21(9-12-29-25(22)33)30-24-19(26)3-2-4-20(24)27/h2-9,12,17,28H,10-11,13-14H2,1H3,(H2,29,30,33). The fourth-order valence-electron chi connectivity index (χ4n) is 4.18. The van der Waals surface area contributed by atoms with Crippen LogP contribution in [0, 0.1) is 17.0 Å². The molecule has 0 radical (unpaired) electrons. The number of piperidine rings is 1. The van der Waals surface area contributed by atoms with Crippen LogP contribution >= 0.6 is 0 Å². The van der Waals surface area contributed by atoms with Crippen LogP contribution in [0.5, 0.6) is 0 Å².